The molecule has 0 saturated heterocycles. The van der Waals surface area contributed by atoms with Crippen LogP contribution in [0.2, 0.25) is 0 Å². The molecule has 1 N–H and O–H groups in total. The Hall–Kier alpha value is -1.44. The van der Waals surface area contributed by atoms with E-state index in [9.17, 15) is 13.2 Å². The predicted octanol–water partition coefficient (Wildman–Crippen LogP) is 1.46. The fourth-order valence-corrected chi connectivity index (χ4v) is 3.60. The summed E-state index contributed by atoms with van der Waals surface area (Å²) < 4.78 is 31.8. The van der Waals surface area contributed by atoms with E-state index >= 15 is 0 Å². The molecule has 1 amide bonds. The molecule has 0 unspecified atom stereocenters. The summed E-state index contributed by atoms with van der Waals surface area (Å²) >= 11 is 0. The van der Waals surface area contributed by atoms with E-state index in [-0.39, 0.29) is 16.8 Å². The number of ether oxygens (including phenoxy) is 1. The summed E-state index contributed by atoms with van der Waals surface area (Å²) in [5.41, 5.74) is 1.85. The highest BCUT2D eigenvalue weighted by Gasteiger charge is 2.33. The van der Waals surface area contributed by atoms with Crippen LogP contribution in [0, 0.1) is 13.8 Å². The standard InChI is InChI=1S/C16H24N2O4S/c1-11-9-13(10-15(12(11)2)23(20,21)17-3)16(19)18(7-8-22-4)14-5-6-14/h9-10,14,17H,5-8H2,1-4H3. The molecule has 1 aliphatic rings. The molecule has 0 bridgehead atoms. The van der Waals surface area contributed by atoms with Crippen molar-refractivity contribution in [3.8, 4) is 0 Å². The number of hydrogen-bond acceptors (Lipinski definition) is 4. The summed E-state index contributed by atoms with van der Waals surface area (Å²) in [7, 11) is -0.631. The number of nitrogens with zero attached hydrogens (tertiary/aromatic N) is 1. The minimum absolute atomic E-state index is 0.139. The van der Waals surface area contributed by atoms with Crippen molar-refractivity contribution in [3.63, 3.8) is 0 Å². The topological polar surface area (TPSA) is 75.7 Å². The molecule has 0 atom stereocenters. The Morgan fingerprint density at radius 2 is 2.00 bits per heavy atom. The lowest BCUT2D eigenvalue weighted by atomic mass is 10.1. The highest BCUT2D eigenvalue weighted by molar-refractivity contribution is 7.89. The number of benzene rings is 1. The zero-order valence-electron chi connectivity index (χ0n) is 14.0. The Balaban J connectivity index is 2.40. The zero-order chi connectivity index (χ0) is 17.2. The van der Waals surface area contributed by atoms with E-state index in [0.717, 1.165) is 18.4 Å². The lowest BCUT2D eigenvalue weighted by Gasteiger charge is -2.23. The van der Waals surface area contributed by atoms with Gasteiger partial charge in [-0.1, -0.05) is 0 Å². The number of rotatable bonds is 7. The first-order chi connectivity index (χ1) is 10.8. The van der Waals surface area contributed by atoms with Crippen molar-refractivity contribution in [2.24, 2.45) is 0 Å². The van der Waals surface area contributed by atoms with Crippen molar-refractivity contribution >= 4 is 15.9 Å². The molecular formula is C16H24N2O4S. The number of nitrogens with one attached hydrogen (secondary N) is 1. The molecule has 7 heteroatoms. The molecule has 1 aliphatic carbocycles. The van der Waals surface area contributed by atoms with Crippen LogP contribution in [0.3, 0.4) is 0 Å². The Kier molecular flexibility index (Phi) is 5.44. The second kappa shape index (κ2) is 6.98. The van der Waals surface area contributed by atoms with Gasteiger partial charge in [0.15, 0.2) is 0 Å². The Morgan fingerprint density at radius 3 is 2.52 bits per heavy atom. The van der Waals surface area contributed by atoms with Crippen LogP contribution >= 0.6 is 0 Å². The van der Waals surface area contributed by atoms with Crippen LogP contribution in [-0.4, -0.2) is 52.6 Å². The normalized spacial score (nSPS) is 14.8. The Labute approximate surface area is 137 Å². The SMILES string of the molecule is CNS(=O)(=O)c1cc(C(=O)N(CCOC)C2CC2)cc(C)c1C. The van der Waals surface area contributed by atoms with Crippen molar-refractivity contribution in [1.29, 1.82) is 0 Å². The van der Waals surface area contributed by atoms with Gasteiger partial charge in [0, 0.05) is 25.3 Å². The van der Waals surface area contributed by atoms with Crippen molar-refractivity contribution in [2.75, 3.05) is 27.3 Å². The highest BCUT2D eigenvalue weighted by atomic mass is 32.2. The maximum atomic E-state index is 12.8. The summed E-state index contributed by atoms with van der Waals surface area (Å²) in [4.78, 5) is 14.8. The second-order valence-electron chi connectivity index (χ2n) is 5.85. The van der Waals surface area contributed by atoms with Gasteiger partial charge in [0.25, 0.3) is 5.91 Å². The van der Waals surface area contributed by atoms with E-state index < -0.39 is 10.0 Å². The van der Waals surface area contributed by atoms with Gasteiger partial charge < -0.3 is 9.64 Å². The average molecular weight is 340 g/mol. The van der Waals surface area contributed by atoms with Crippen LogP contribution in [0.4, 0.5) is 0 Å². The smallest absolute Gasteiger partial charge is 0.254 e. The lowest BCUT2D eigenvalue weighted by Crippen LogP contribution is -2.36. The molecule has 0 spiro atoms. The van der Waals surface area contributed by atoms with Gasteiger partial charge in [-0.2, -0.15) is 0 Å². The number of methoxy groups -OCH3 is 1. The molecule has 0 heterocycles. The van der Waals surface area contributed by atoms with Gasteiger partial charge in [-0.05, 0) is 57.0 Å². The minimum Gasteiger partial charge on any atom is -0.383 e. The van der Waals surface area contributed by atoms with E-state index in [1.165, 1.54) is 13.1 Å². The van der Waals surface area contributed by atoms with Gasteiger partial charge >= 0.3 is 0 Å². The molecule has 0 radical (unpaired) electrons. The third-order valence-corrected chi connectivity index (χ3v) is 5.75. The minimum atomic E-state index is -3.60. The molecule has 1 fully saturated rings. The molecule has 23 heavy (non-hydrogen) atoms. The first-order valence-corrected chi connectivity index (χ1v) is 9.15. The second-order valence-corrected chi connectivity index (χ2v) is 7.70. The number of amides is 1. The number of sulfonamides is 1. The predicted molar refractivity (Wildman–Crippen MR) is 88.1 cm³/mol. The third kappa shape index (κ3) is 3.91. The quantitative estimate of drug-likeness (QED) is 0.815. The lowest BCUT2D eigenvalue weighted by molar-refractivity contribution is 0.0680. The van der Waals surface area contributed by atoms with E-state index in [2.05, 4.69) is 4.72 Å². The summed E-state index contributed by atoms with van der Waals surface area (Å²) in [6.07, 6.45) is 1.98. The summed E-state index contributed by atoms with van der Waals surface area (Å²) in [5, 5.41) is 0. The largest absolute Gasteiger partial charge is 0.383 e. The molecule has 1 aromatic rings. The number of aryl methyl sites for hydroxylation is 1. The highest BCUT2D eigenvalue weighted by Crippen LogP contribution is 2.29. The monoisotopic (exact) mass is 340 g/mol. The molecule has 2 rings (SSSR count). The first-order valence-electron chi connectivity index (χ1n) is 7.66. The Bertz CT molecular complexity index is 696. The third-order valence-electron chi connectivity index (χ3n) is 4.21. The van der Waals surface area contributed by atoms with Crippen LogP contribution in [0.5, 0.6) is 0 Å². The van der Waals surface area contributed by atoms with Crippen LogP contribution < -0.4 is 4.72 Å². The van der Waals surface area contributed by atoms with Gasteiger partial charge in [0.2, 0.25) is 10.0 Å². The number of carbonyl (C=O) groups is 1. The molecule has 0 aromatic heterocycles. The maximum Gasteiger partial charge on any atom is 0.254 e. The van der Waals surface area contributed by atoms with E-state index in [0.29, 0.717) is 24.3 Å². The average Bonchev–Trinajstić information content (AvgIpc) is 3.34. The van der Waals surface area contributed by atoms with E-state index in [1.807, 2.05) is 6.92 Å². The van der Waals surface area contributed by atoms with Crippen LogP contribution in [0.25, 0.3) is 0 Å². The Morgan fingerprint density at radius 1 is 1.35 bits per heavy atom. The van der Waals surface area contributed by atoms with Gasteiger partial charge in [-0.15, -0.1) is 0 Å². The molecule has 128 valence electrons. The first kappa shape index (κ1) is 17.9. The molecule has 0 aliphatic heterocycles. The van der Waals surface area contributed by atoms with Crippen LogP contribution in [0.15, 0.2) is 17.0 Å². The van der Waals surface area contributed by atoms with Crippen LogP contribution in [-0.2, 0) is 14.8 Å². The molecule has 1 saturated carbocycles. The fraction of sp³-hybridized carbons (Fsp3) is 0.562. The molecule has 6 nitrogen and oxygen atoms in total. The summed E-state index contributed by atoms with van der Waals surface area (Å²) in [6.45, 7) is 4.55. The maximum absolute atomic E-state index is 12.8. The number of hydrogen-bond donors (Lipinski definition) is 1. The summed E-state index contributed by atoms with van der Waals surface area (Å²) in [5.74, 6) is -0.139. The van der Waals surface area contributed by atoms with Crippen molar-refractivity contribution in [1.82, 2.24) is 9.62 Å². The van der Waals surface area contributed by atoms with Crippen molar-refractivity contribution < 1.29 is 17.9 Å². The van der Waals surface area contributed by atoms with E-state index in [1.54, 1.807) is 25.0 Å². The summed E-state index contributed by atoms with van der Waals surface area (Å²) in [6, 6.07) is 3.47. The number of carbonyl (C=O) groups excluding carboxylic acids is 1. The zero-order valence-corrected chi connectivity index (χ0v) is 14.9. The van der Waals surface area contributed by atoms with E-state index in [4.69, 9.17) is 4.74 Å². The van der Waals surface area contributed by atoms with Gasteiger partial charge in [0.1, 0.15) is 0 Å². The molecule has 1 aromatic carbocycles. The van der Waals surface area contributed by atoms with Crippen molar-refractivity contribution in [2.45, 2.75) is 37.6 Å². The van der Waals surface area contributed by atoms with Crippen LogP contribution in [0.1, 0.15) is 34.3 Å². The van der Waals surface area contributed by atoms with Gasteiger partial charge in [0.05, 0.1) is 11.5 Å². The van der Waals surface area contributed by atoms with Gasteiger partial charge in [-0.3, -0.25) is 4.79 Å². The molecular weight excluding hydrogens is 316 g/mol. The van der Waals surface area contributed by atoms with Gasteiger partial charge in [-0.25, -0.2) is 13.1 Å². The van der Waals surface area contributed by atoms with Crippen molar-refractivity contribution in [3.05, 3.63) is 28.8 Å². The fourth-order valence-electron chi connectivity index (χ4n) is 2.53.